The maximum Gasteiger partial charge on any atom is 0.101 e. The molecule has 1 rings (SSSR count). The molecule has 17 heavy (non-hydrogen) atoms. The molecule has 0 saturated carbocycles. The van der Waals surface area contributed by atoms with Crippen LogP contribution in [0.4, 0.5) is 5.69 Å². The molecule has 0 radical (unpaired) electrons. The molecule has 0 spiro atoms. The average Bonchev–Trinajstić information content (AvgIpc) is 2.35. The molecule has 1 aromatic carbocycles. The van der Waals surface area contributed by atoms with Crippen LogP contribution < -0.4 is 4.90 Å². The topological polar surface area (TPSA) is 36.3 Å². The highest BCUT2D eigenvalue weighted by Crippen LogP contribution is 2.24. The highest BCUT2D eigenvalue weighted by molar-refractivity contribution is 5.63. The summed E-state index contributed by atoms with van der Waals surface area (Å²) in [6.07, 6.45) is 0. The summed E-state index contributed by atoms with van der Waals surface area (Å²) in [4.78, 5) is 2.20. The van der Waals surface area contributed by atoms with E-state index in [0.717, 1.165) is 36.5 Å². The first-order valence-corrected chi connectivity index (χ1v) is 6.07. The van der Waals surface area contributed by atoms with Crippen molar-refractivity contribution in [3.8, 4) is 6.07 Å². The Morgan fingerprint density at radius 3 is 2.71 bits per heavy atom. The number of nitriles is 1. The first-order chi connectivity index (χ1) is 8.24. The zero-order valence-corrected chi connectivity index (χ0v) is 10.9. The normalized spacial score (nSPS) is 10.0. The maximum absolute atomic E-state index is 9.15. The van der Waals surface area contributed by atoms with Crippen LogP contribution in [0.3, 0.4) is 0 Å². The summed E-state index contributed by atoms with van der Waals surface area (Å²) in [7, 11) is 0. The summed E-state index contributed by atoms with van der Waals surface area (Å²) in [5, 5.41) is 9.15. The molecule has 1 aromatic rings. The highest BCUT2D eigenvalue weighted by atomic mass is 16.5. The van der Waals surface area contributed by atoms with Gasteiger partial charge in [0.1, 0.15) is 6.07 Å². The molecule has 0 unspecified atom stereocenters. The van der Waals surface area contributed by atoms with Crippen LogP contribution in [-0.2, 0) is 4.74 Å². The van der Waals surface area contributed by atoms with Crippen molar-refractivity contribution in [3.05, 3.63) is 29.3 Å². The Hall–Kier alpha value is -1.53. The standard InChI is InChI=1S/C14H20N2O/c1-4-16(9-10-17-5-2)14-12(3)7-6-8-13(14)11-15/h6-8H,4-5,9-10H2,1-3H3. The number of hydrogen-bond donors (Lipinski definition) is 0. The predicted octanol–water partition coefficient (Wildman–Crippen LogP) is 2.73. The molecule has 0 atom stereocenters. The molecule has 0 aliphatic rings. The van der Waals surface area contributed by atoms with Gasteiger partial charge in [-0.15, -0.1) is 0 Å². The van der Waals surface area contributed by atoms with Crippen LogP contribution in [-0.4, -0.2) is 26.3 Å². The van der Waals surface area contributed by atoms with Gasteiger partial charge in [-0.05, 0) is 32.4 Å². The second kappa shape index (κ2) is 6.93. The van der Waals surface area contributed by atoms with E-state index >= 15 is 0 Å². The molecular weight excluding hydrogens is 212 g/mol. The van der Waals surface area contributed by atoms with E-state index in [2.05, 4.69) is 17.9 Å². The van der Waals surface area contributed by atoms with E-state index in [0.29, 0.717) is 6.61 Å². The van der Waals surface area contributed by atoms with Crippen molar-refractivity contribution in [1.29, 1.82) is 5.26 Å². The van der Waals surface area contributed by atoms with Crippen LogP contribution in [0.25, 0.3) is 0 Å². The monoisotopic (exact) mass is 232 g/mol. The fraction of sp³-hybridized carbons (Fsp3) is 0.500. The minimum absolute atomic E-state index is 0.698. The molecule has 0 heterocycles. The van der Waals surface area contributed by atoms with Crippen LogP contribution in [0.15, 0.2) is 18.2 Å². The van der Waals surface area contributed by atoms with Gasteiger partial charge >= 0.3 is 0 Å². The van der Waals surface area contributed by atoms with Crippen LogP contribution in [0, 0.1) is 18.3 Å². The van der Waals surface area contributed by atoms with Gasteiger partial charge in [0.05, 0.1) is 17.9 Å². The van der Waals surface area contributed by atoms with Crippen LogP contribution in [0.2, 0.25) is 0 Å². The highest BCUT2D eigenvalue weighted by Gasteiger charge is 2.11. The molecule has 0 fully saturated rings. The number of rotatable bonds is 6. The van der Waals surface area contributed by atoms with E-state index in [-0.39, 0.29) is 0 Å². The Balaban J connectivity index is 2.91. The fourth-order valence-electron chi connectivity index (χ4n) is 1.92. The molecule has 0 N–H and O–H groups in total. The van der Waals surface area contributed by atoms with E-state index in [1.807, 2.05) is 32.0 Å². The number of nitrogens with zero attached hydrogens (tertiary/aromatic N) is 2. The lowest BCUT2D eigenvalue weighted by Gasteiger charge is -2.25. The zero-order chi connectivity index (χ0) is 12.7. The Bertz CT molecular complexity index is 396. The lowest BCUT2D eigenvalue weighted by atomic mass is 10.1. The number of benzene rings is 1. The van der Waals surface area contributed by atoms with E-state index in [1.165, 1.54) is 0 Å². The lowest BCUT2D eigenvalue weighted by Crippen LogP contribution is -2.28. The summed E-state index contributed by atoms with van der Waals surface area (Å²) in [6, 6.07) is 8.09. The molecule has 3 nitrogen and oxygen atoms in total. The predicted molar refractivity (Wildman–Crippen MR) is 70.3 cm³/mol. The fourth-order valence-corrected chi connectivity index (χ4v) is 1.92. The summed E-state index contributed by atoms with van der Waals surface area (Å²) in [5.74, 6) is 0. The number of likely N-dealkylation sites (N-methyl/N-ethyl adjacent to an activating group) is 1. The number of para-hydroxylation sites is 1. The van der Waals surface area contributed by atoms with Gasteiger partial charge in [0.2, 0.25) is 0 Å². The summed E-state index contributed by atoms with van der Waals surface area (Å²) < 4.78 is 5.38. The van der Waals surface area contributed by atoms with Crippen molar-refractivity contribution in [3.63, 3.8) is 0 Å². The van der Waals surface area contributed by atoms with E-state index in [9.17, 15) is 0 Å². The smallest absolute Gasteiger partial charge is 0.101 e. The Labute approximate surface area is 104 Å². The first-order valence-electron chi connectivity index (χ1n) is 6.07. The Kier molecular flexibility index (Phi) is 5.51. The summed E-state index contributed by atoms with van der Waals surface area (Å²) in [5.41, 5.74) is 2.92. The molecule has 0 aliphatic carbocycles. The quantitative estimate of drug-likeness (QED) is 0.708. The maximum atomic E-state index is 9.15. The van der Waals surface area contributed by atoms with Gasteiger partial charge in [0, 0.05) is 19.7 Å². The molecule has 92 valence electrons. The minimum atomic E-state index is 0.698. The van der Waals surface area contributed by atoms with Crippen LogP contribution in [0.1, 0.15) is 25.0 Å². The van der Waals surface area contributed by atoms with Crippen molar-refractivity contribution in [2.24, 2.45) is 0 Å². The lowest BCUT2D eigenvalue weighted by molar-refractivity contribution is 0.154. The van der Waals surface area contributed by atoms with E-state index in [4.69, 9.17) is 10.00 Å². The van der Waals surface area contributed by atoms with Crippen molar-refractivity contribution in [1.82, 2.24) is 0 Å². The molecule has 0 aliphatic heterocycles. The zero-order valence-electron chi connectivity index (χ0n) is 10.9. The van der Waals surface area contributed by atoms with Gasteiger partial charge in [-0.2, -0.15) is 5.26 Å². The third kappa shape index (κ3) is 3.47. The van der Waals surface area contributed by atoms with Crippen LogP contribution >= 0.6 is 0 Å². The molecule has 0 aromatic heterocycles. The van der Waals surface area contributed by atoms with Gasteiger partial charge in [0.15, 0.2) is 0 Å². The van der Waals surface area contributed by atoms with Gasteiger partial charge in [-0.3, -0.25) is 0 Å². The number of hydrogen-bond acceptors (Lipinski definition) is 3. The van der Waals surface area contributed by atoms with Crippen molar-refractivity contribution in [2.75, 3.05) is 31.2 Å². The number of ether oxygens (including phenoxy) is 1. The van der Waals surface area contributed by atoms with Gasteiger partial charge in [-0.1, -0.05) is 12.1 Å². The van der Waals surface area contributed by atoms with Gasteiger partial charge in [-0.25, -0.2) is 0 Å². The molecule has 3 heteroatoms. The third-order valence-electron chi connectivity index (χ3n) is 2.77. The van der Waals surface area contributed by atoms with Crippen molar-refractivity contribution >= 4 is 5.69 Å². The SMILES string of the molecule is CCOCCN(CC)c1c(C)cccc1C#N. The second-order valence-electron chi connectivity index (χ2n) is 3.86. The number of aryl methyl sites for hydroxylation is 1. The second-order valence-corrected chi connectivity index (χ2v) is 3.86. The molecule has 0 saturated heterocycles. The number of anilines is 1. The minimum Gasteiger partial charge on any atom is -0.380 e. The van der Waals surface area contributed by atoms with Gasteiger partial charge in [0.25, 0.3) is 0 Å². The molecule has 0 amide bonds. The Morgan fingerprint density at radius 2 is 2.12 bits per heavy atom. The van der Waals surface area contributed by atoms with Gasteiger partial charge < -0.3 is 9.64 Å². The van der Waals surface area contributed by atoms with E-state index in [1.54, 1.807) is 0 Å². The van der Waals surface area contributed by atoms with Crippen LogP contribution in [0.5, 0.6) is 0 Å². The van der Waals surface area contributed by atoms with E-state index < -0.39 is 0 Å². The largest absolute Gasteiger partial charge is 0.380 e. The van der Waals surface area contributed by atoms with Crippen molar-refractivity contribution in [2.45, 2.75) is 20.8 Å². The summed E-state index contributed by atoms with van der Waals surface area (Å²) in [6.45, 7) is 9.26. The summed E-state index contributed by atoms with van der Waals surface area (Å²) >= 11 is 0. The average molecular weight is 232 g/mol. The van der Waals surface area contributed by atoms with Crippen molar-refractivity contribution < 1.29 is 4.74 Å². The first kappa shape index (κ1) is 13.5. The molecular formula is C14H20N2O. The third-order valence-corrected chi connectivity index (χ3v) is 2.77. The Morgan fingerprint density at radius 1 is 1.35 bits per heavy atom. The molecule has 0 bridgehead atoms.